The molecule has 0 bridgehead atoms. The molecular formula is C16H21N5OS. The van der Waals surface area contributed by atoms with Crippen LogP contribution in [0.5, 0.6) is 0 Å². The van der Waals surface area contributed by atoms with E-state index in [0.29, 0.717) is 0 Å². The topological polar surface area (TPSA) is 63.1 Å². The molecule has 1 aliphatic heterocycles. The van der Waals surface area contributed by atoms with Gasteiger partial charge in [-0.05, 0) is 37.5 Å². The number of nitrogens with one attached hydrogen (secondary N) is 1. The van der Waals surface area contributed by atoms with E-state index >= 15 is 0 Å². The van der Waals surface area contributed by atoms with E-state index in [9.17, 15) is 4.79 Å². The molecule has 2 heterocycles. The molecule has 0 spiro atoms. The van der Waals surface area contributed by atoms with Gasteiger partial charge in [0.05, 0.1) is 0 Å². The number of carbonyl (C=O) groups is 1. The number of aromatic nitrogens is 3. The average Bonchev–Trinajstić information content (AvgIpc) is 3.20. The SMILES string of the molecule is C[C@H](Sc1nncn1C)c1cccc(NC(=O)N2CCCC2)c1. The molecule has 0 radical (unpaired) electrons. The number of carbonyl (C=O) groups excluding carboxylic acids is 1. The number of hydrogen-bond donors (Lipinski definition) is 1. The Hall–Kier alpha value is -2.02. The van der Waals surface area contributed by atoms with Gasteiger partial charge in [-0.3, -0.25) is 0 Å². The van der Waals surface area contributed by atoms with Crippen molar-refractivity contribution in [1.29, 1.82) is 0 Å². The van der Waals surface area contributed by atoms with E-state index in [1.54, 1.807) is 18.1 Å². The molecule has 1 N–H and O–H groups in total. The summed E-state index contributed by atoms with van der Waals surface area (Å²) in [7, 11) is 1.93. The van der Waals surface area contributed by atoms with Crippen molar-refractivity contribution in [2.45, 2.75) is 30.2 Å². The third-order valence-electron chi connectivity index (χ3n) is 3.95. The van der Waals surface area contributed by atoms with Gasteiger partial charge in [-0.2, -0.15) is 0 Å². The Labute approximate surface area is 140 Å². The molecule has 3 rings (SSSR count). The van der Waals surface area contributed by atoms with E-state index in [4.69, 9.17) is 0 Å². The van der Waals surface area contributed by atoms with Gasteiger partial charge in [-0.25, -0.2) is 4.79 Å². The molecule has 1 saturated heterocycles. The molecule has 2 aromatic rings. The lowest BCUT2D eigenvalue weighted by Crippen LogP contribution is -2.32. The van der Waals surface area contributed by atoms with E-state index < -0.39 is 0 Å². The van der Waals surface area contributed by atoms with Gasteiger partial charge in [0.25, 0.3) is 0 Å². The first-order chi connectivity index (χ1) is 11.1. The number of hydrogen-bond acceptors (Lipinski definition) is 4. The molecule has 0 unspecified atom stereocenters. The molecule has 1 aromatic carbocycles. The number of rotatable bonds is 4. The highest BCUT2D eigenvalue weighted by Gasteiger charge is 2.18. The highest BCUT2D eigenvalue weighted by molar-refractivity contribution is 7.99. The smallest absolute Gasteiger partial charge is 0.321 e. The second kappa shape index (κ2) is 7.04. The van der Waals surface area contributed by atoms with Gasteiger partial charge >= 0.3 is 6.03 Å². The van der Waals surface area contributed by atoms with E-state index in [1.807, 2.05) is 34.7 Å². The second-order valence-corrected chi connectivity index (χ2v) is 7.04. The molecule has 1 aliphatic rings. The summed E-state index contributed by atoms with van der Waals surface area (Å²) in [6.07, 6.45) is 3.89. The first kappa shape index (κ1) is 15.9. The summed E-state index contributed by atoms with van der Waals surface area (Å²) < 4.78 is 1.90. The summed E-state index contributed by atoms with van der Waals surface area (Å²) in [5.74, 6) is 0. The van der Waals surface area contributed by atoms with Crippen LogP contribution in [0, 0.1) is 0 Å². The number of anilines is 1. The maximum Gasteiger partial charge on any atom is 0.321 e. The Morgan fingerprint density at radius 3 is 2.83 bits per heavy atom. The Morgan fingerprint density at radius 1 is 1.35 bits per heavy atom. The van der Waals surface area contributed by atoms with Crippen LogP contribution in [0.1, 0.15) is 30.6 Å². The fourth-order valence-corrected chi connectivity index (χ4v) is 3.50. The summed E-state index contributed by atoms with van der Waals surface area (Å²) in [5, 5.41) is 12.1. The largest absolute Gasteiger partial charge is 0.325 e. The van der Waals surface area contributed by atoms with Crippen molar-refractivity contribution in [3.05, 3.63) is 36.2 Å². The van der Waals surface area contributed by atoms with Gasteiger partial charge in [0.15, 0.2) is 5.16 Å². The van der Waals surface area contributed by atoms with Crippen LogP contribution in [-0.2, 0) is 7.05 Å². The molecule has 1 fully saturated rings. The van der Waals surface area contributed by atoms with Crippen LogP contribution in [0.3, 0.4) is 0 Å². The predicted octanol–water partition coefficient (Wildman–Crippen LogP) is 3.30. The van der Waals surface area contributed by atoms with Crippen LogP contribution < -0.4 is 5.32 Å². The van der Waals surface area contributed by atoms with Crippen LogP contribution in [0.2, 0.25) is 0 Å². The van der Waals surface area contributed by atoms with Crippen molar-refractivity contribution in [1.82, 2.24) is 19.7 Å². The van der Waals surface area contributed by atoms with Crippen LogP contribution >= 0.6 is 11.8 Å². The standard InChI is InChI=1S/C16H21N5OS/c1-12(23-16-19-17-11-20(16)2)13-6-5-7-14(10-13)18-15(22)21-8-3-4-9-21/h5-7,10-12H,3-4,8-9H2,1-2H3,(H,18,22)/t12-/m0/s1. The normalized spacial score (nSPS) is 15.7. The van der Waals surface area contributed by atoms with Crippen molar-refractivity contribution in [3.8, 4) is 0 Å². The highest BCUT2D eigenvalue weighted by atomic mass is 32.2. The number of nitrogens with zero attached hydrogens (tertiary/aromatic N) is 4. The zero-order valence-corrected chi connectivity index (χ0v) is 14.2. The lowest BCUT2D eigenvalue weighted by Gasteiger charge is -2.17. The molecule has 0 aliphatic carbocycles. The van der Waals surface area contributed by atoms with E-state index in [0.717, 1.165) is 42.3 Å². The van der Waals surface area contributed by atoms with E-state index in [1.165, 1.54) is 0 Å². The number of aryl methyl sites for hydroxylation is 1. The minimum absolute atomic E-state index is 0.00624. The number of amides is 2. The fraction of sp³-hybridized carbons (Fsp3) is 0.438. The predicted molar refractivity (Wildman–Crippen MR) is 91.5 cm³/mol. The molecule has 2 amide bonds. The zero-order valence-electron chi connectivity index (χ0n) is 13.4. The van der Waals surface area contributed by atoms with Crippen LogP contribution in [0.15, 0.2) is 35.7 Å². The lowest BCUT2D eigenvalue weighted by molar-refractivity contribution is 0.222. The summed E-state index contributed by atoms with van der Waals surface area (Å²) >= 11 is 1.65. The maximum absolute atomic E-state index is 12.2. The lowest BCUT2D eigenvalue weighted by atomic mass is 10.1. The quantitative estimate of drug-likeness (QED) is 0.873. The highest BCUT2D eigenvalue weighted by Crippen LogP contribution is 2.34. The first-order valence-corrected chi connectivity index (χ1v) is 8.68. The zero-order chi connectivity index (χ0) is 16.2. The van der Waals surface area contributed by atoms with Gasteiger partial charge in [-0.1, -0.05) is 23.9 Å². The first-order valence-electron chi connectivity index (χ1n) is 7.80. The molecule has 1 atom stereocenters. The monoisotopic (exact) mass is 331 g/mol. The minimum Gasteiger partial charge on any atom is -0.325 e. The molecular weight excluding hydrogens is 310 g/mol. The van der Waals surface area contributed by atoms with Gasteiger partial charge in [0.2, 0.25) is 0 Å². The van der Waals surface area contributed by atoms with E-state index in [2.05, 4.69) is 28.5 Å². The van der Waals surface area contributed by atoms with Gasteiger partial charge in [-0.15, -0.1) is 10.2 Å². The number of urea groups is 1. The molecule has 23 heavy (non-hydrogen) atoms. The van der Waals surface area contributed by atoms with E-state index in [-0.39, 0.29) is 11.3 Å². The van der Waals surface area contributed by atoms with Crippen molar-refractivity contribution in [3.63, 3.8) is 0 Å². The Balaban J connectivity index is 1.66. The number of likely N-dealkylation sites (tertiary alicyclic amines) is 1. The third kappa shape index (κ3) is 3.85. The van der Waals surface area contributed by atoms with Gasteiger partial charge < -0.3 is 14.8 Å². The van der Waals surface area contributed by atoms with Crippen molar-refractivity contribution in [2.75, 3.05) is 18.4 Å². The Morgan fingerprint density at radius 2 is 2.13 bits per heavy atom. The molecule has 1 aromatic heterocycles. The summed E-state index contributed by atoms with van der Waals surface area (Å²) in [6.45, 7) is 3.83. The molecule has 6 nitrogen and oxygen atoms in total. The maximum atomic E-state index is 12.2. The second-order valence-electron chi connectivity index (χ2n) is 5.73. The van der Waals surface area contributed by atoms with Crippen molar-refractivity contribution < 1.29 is 4.79 Å². The number of benzene rings is 1. The molecule has 122 valence electrons. The molecule has 0 saturated carbocycles. The Kier molecular flexibility index (Phi) is 4.85. The fourth-order valence-electron chi connectivity index (χ4n) is 2.60. The third-order valence-corrected chi connectivity index (χ3v) is 5.16. The van der Waals surface area contributed by atoms with Gasteiger partial charge in [0.1, 0.15) is 6.33 Å². The molecule has 7 heteroatoms. The van der Waals surface area contributed by atoms with Crippen molar-refractivity contribution in [2.24, 2.45) is 7.05 Å². The van der Waals surface area contributed by atoms with Crippen LogP contribution in [-0.4, -0.2) is 38.8 Å². The summed E-state index contributed by atoms with van der Waals surface area (Å²) in [5.41, 5.74) is 1.99. The number of thioether (sulfide) groups is 1. The minimum atomic E-state index is -0.00624. The van der Waals surface area contributed by atoms with Crippen molar-refractivity contribution >= 4 is 23.5 Å². The van der Waals surface area contributed by atoms with Crippen LogP contribution in [0.4, 0.5) is 10.5 Å². The summed E-state index contributed by atoms with van der Waals surface area (Å²) in [6, 6.07) is 8.00. The summed E-state index contributed by atoms with van der Waals surface area (Å²) in [4.78, 5) is 14.1. The van der Waals surface area contributed by atoms with Gasteiger partial charge in [0, 0.05) is 31.1 Å². The average molecular weight is 331 g/mol. The van der Waals surface area contributed by atoms with Crippen LogP contribution in [0.25, 0.3) is 0 Å². The Bertz CT molecular complexity index is 681.